The van der Waals surface area contributed by atoms with Gasteiger partial charge in [0.05, 0.1) is 0 Å². The number of hydrogen-bond acceptors (Lipinski definition) is 1. The van der Waals surface area contributed by atoms with E-state index < -0.39 is 0 Å². The molecule has 0 aliphatic carbocycles. The van der Waals surface area contributed by atoms with Gasteiger partial charge in [-0.2, -0.15) is 0 Å². The highest BCUT2D eigenvalue weighted by Crippen LogP contribution is 2.14. The van der Waals surface area contributed by atoms with Crippen LogP contribution in [0.5, 0.6) is 0 Å². The summed E-state index contributed by atoms with van der Waals surface area (Å²) in [5.74, 6) is -0.186. The minimum atomic E-state index is -0.246. The summed E-state index contributed by atoms with van der Waals surface area (Å²) in [6.45, 7) is 4.51. The molecule has 0 radical (unpaired) electrons. The Bertz CT molecular complexity index is 575. The number of aryl methyl sites for hydroxylation is 1. The molecule has 0 aromatic heterocycles. The topological polar surface area (TPSA) is 29.1 Å². The van der Waals surface area contributed by atoms with E-state index in [4.69, 9.17) is 0 Å². The smallest absolute Gasteiger partial charge is 0.251 e. The van der Waals surface area contributed by atoms with E-state index in [1.165, 1.54) is 12.1 Å². The summed E-state index contributed by atoms with van der Waals surface area (Å²) in [7, 11) is 0. The summed E-state index contributed by atoms with van der Waals surface area (Å²) < 4.78 is 12.8. The molecule has 3 heteroatoms. The second-order valence-corrected chi connectivity index (χ2v) is 5.03. The summed E-state index contributed by atoms with van der Waals surface area (Å²) in [5.41, 5.74) is 2.79. The second kappa shape index (κ2) is 6.33. The average molecular weight is 271 g/mol. The molecule has 20 heavy (non-hydrogen) atoms. The fourth-order valence-electron chi connectivity index (χ4n) is 1.96. The van der Waals surface area contributed by atoms with Crippen molar-refractivity contribution in [3.8, 4) is 0 Å². The second-order valence-electron chi connectivity index (χ2n) is 5.03. The summed E-state index contributed by atoms with van der Waals surface area (Å²) in [6, 6.07) is 13.8. The van der Waals surface area contributed by atoms with Crippen LogP contribution in [0.2, 0.25) is 0 Å². The Hall–Kier alpha value is -2.16. The number of carbonyl (C=O) groups excluding carboxylic acids is 1. The van der Waals surface area contributed by atoms with Crippen molar-refractivity contribution in [2.45, 2.75) is 19.8 Å². The van der Waals surface area contributed by atoms with E-state index in [1.54, 1.807) is 12.1 Å². The molecule has 0 aliphatic rings. The van der Waals surface area contributed by atoms with E-state index in [2.05, 4.69) is 5.32 Å². The molecule has 2 rings (SSSR count). The van der Waals surface area contributed by atoms with Crippen molar-refractivity contribution in [1.29, 1.82) is 0 Å². The van der Waals surface area contributed by atoms with Gasteiger partial charge in [-0.3, -0.25) is 4.79 Å². The molecular formula is C17H18FNO. The molecule has 0 fully saturated rings. The maximum absolute atomic E-state index is 12.8. The first kappa shape index (κ1) is 14.3. The third-order valence-electron chi connectivity index (χ3n) is 3.32. The largest absolute Gasteiger partial charge is 0.351 e. The van der Waals surface area contributed by atoms with Crippen molar-refractivity contribution in [3.63, 3.8) is 0 Å². The number of amides is 1. The van der Waals surface area contributed by atoms with Crippen molar-refractivity contribution in [3.05, 3.63) is 71.0 Å². The average Bonchev–Trinajstić information content (AvgIpc) is 2.46. The van der Waals surface area contributed by atoms with Gasteiger partial charge in [-0.1, -0.05) is 36.8 Å². The minimum Gasteiger partial charge on any atom is -0.351 e. The van der Waals surface area contributed by atoms with Gasteiger partial charge in [0.2, 0.25) is 0 Å². The predicted octanol–water partition coefficient (Wildman–Crippen LogP) is 3.67. The third kappa shape index (κ3) is 3.67. The number of halogens is 1. The zero-order chi connectivity index (χ0) is 14.5. The first-order chi connectivity index (χ1) is 9.56. The summed E-state index contributed by atoms with van der Waals surface area (Å²) in [5, 5.41) is 2.90. The van der Waals surface area contributed by atoms with E-state index in [0.717, 1.165) is 11.1 Å². The quantitative estimate of drug-likeness (QED) is 0.903. The summed E-state index contributed by atoms with van der Waals surface area (Å²) in [6.07, 6.45) is 0. The lowest BCUT2D eigenvalue weighted by molar-refractivity contribution is 0.0951. The standard InChI is InChI=1S/C17H18FNO/c1-12-3-5-15(6-4-12)17(20)19-11-13(2)14-7-9-16(18)10-8-14/h3-10,13H,11H2,1-2H3,(H,19,20). The van der Waals surface area contributed by atoms with Crippen LogP contribution >= 0.6 is 0 Å². The molecule has 1 amide bonds. The monoisotopic (exact) mass is 271 g/mol. The first-order valence-corrected chi connectivity index (χ1v) is 6.66. The lowest BCUT2D eigenvalue weighted by Gasteiger charge is -2.13. The molecule has 2 nitrogen and oxygen atoms in total. The van der Waals surface area contributed by atoms with E-state index in [9.17, 15) is 9.18 Å². The zero-order valence-electron chi connectivity index (χ0n) is 11.7. The van der Waals surface area contributed by atoms with Crippen LogP contribution in [0.4, 0.5) is 4.39 Å². The van der Waals surface area contributed by atoms with Crippen molar-refractivity contribution >= 4 is 5.91 Å². The molecule has 1 unspecified atom stereocenters. The lowest BCUT2D eigenvalue weighted by atomic mass is 10.0. The number of rotatable bonds is 4. The molecule has 0 saturated carbocycles. The molecule has 0 aliphatic heterocycles. The molecule has 2 aromatic carbocycles. The molecular weight excluding hydrogens is 253 g/mol. The SMILES string of the molecule is Cc1ccc(C(=O)NCC(C)c2ccc(F)cc2)cc1. The fraction of sp³-hybridized carbons (Fsp3) is 0.235. The van der Waals surface area contributed by atoms with Crippen LogP contribution in [-0.4, -0.2) is 12.5 Å². The third-order valence-corrected chi connectivity index (χ3v) is 3.32. The van der Waals surface area contributed by atoms with Gasteiger partial charge in [-0.15, -0.1) is 0 Å². The molecule has 1 N–H and O–H groups in total. The molecule has 104 valence electrons. The van der Waals surface area contributed by atoms with Crippen LogP contribution < -0.4 is 5.32 Å². The van der Waals surface area contributed by atoms with Gasteiger partial charge in [0.1, 0.15) is 5.82 Å². The van der Waals surface area contributed by atoms with Gasteiger partial charge in [-0.05, 0) is 42.7 Å². The van der Waals surface area contributed by atoms with E-state index in [1.807, 2.05) is 38.1 Å². The molecule has 2 aromatic rings. The van der Waals surface area contributed by atoms with Crippen LogP contribution in [0.25, 0.3) is 0 Å². The number of nitrogens with one attached hydrogen (secondary N) is 1. The highest BCUT2D eigenvalue weighted by molar-refractivity contribution is 5.94. The summed E-state index contributed by atoms with van der Waals surface area (Å²) >= 11 is 0. The van der Waals surface area contributed by atoms with Gasteiger partial charge < -0.3 is 5.32 Å². The molecule has 0 saturated heterocycles. The van der Waals surface area contributed by atoms with Crippen molar-refractivity contribution < 1.29 is 9.18 Å². The van der Waals surface area contributed by atoms with Crippen molar-refractivity contribution in [1.82, 2.24) is 5.32 Å². The highest BCUT2D eigenvalue weighted by atomic mass is 19.1. The van der Waals surface area contributed by atoms with Crippen LogP contribution in [0.15, 0.2) is 48.5 Å². The number of benzene rings is 2. The Labute approximate surface area is 118 Å². The van der Waals surface area contributed by atoms with Gasteiger partial charge in [0, 0.05) is 12.1 Å². The van der Waals surface area contributed by atoms with Crippen molar-refractivity contribution in [2.75, 3.05) is 6.54 Å². The van der Waals surface area contributed by atoms with E-state index in [-0.39, 0.29) is 17.6 Å². The Balaban J connectivity index is 1.92. The van der Waals surface area contributed by atoms with E-state index >= 15 is 0 Å². The van der Waals surface area contributed by atoms with Crippen LogP contribution in [0.1, 0.15) is 34.3 Å². The molecule has 0 spiro atoms. The Morgan fingerprint density at radius 3 is 2.30 bits per heavy atom. The molecule has 0 heterocycles. The van der Waals surface area contributed by atoms with Crippen molar-refractivity contribution in [2.24, 2.45) is 0 Å². The summed E-state index contributed by atoms with van der Waals surface area (Å²) in [4.78, 5) is 12.0. The maximum atomic E-state index is 12.8. The van der Waals surface area contributed by atoms with Gasteiger partial charge >= 0.3 is 0 Å². The van der Waals surface area contributed by atoms with Crippen LogP contribution in [0, 0.1) is 12.7 Å². The van der Waals surface area contributed by atoms with Crippen LogP contribution in [0.3, 0.4) is 0 Å². The minimum absolute atomic E-state index is 0.0843. The fourth-order valence-corrected chi connectivity index (χ4v) is 1.96. The van der Waals surface area contributed by atoms with Crippen LogP contribution in [-0.2, 0) is 0 Å². The van der Waals surface area contributed by atoms with Gasteiger partial charge in [0.15, 0.2) is 0 Å². The number of hydrogen-bond donors (Lipinski definition) is 1. The predicted molar refractivity (Wildman–Crippen MR) is 78.3 cm³/mol. The Morgan fingerprint density at radius 1 is 1.10 bits per heavy atom. The molecule has 1 atom stereocenters. The molecule has 0 bridgehead atoms. The normalized spacial score (nSPS) is 11.9. The maximum Gasteiger partial charge on any atom is 0.251 e. The first-order valence-electron chi connectivity index (χ1n) is 6.66. The van der Waals surface area contributed by atoms with E-state index in [0.29, 0.717) is 12.1 Å². The zero-order valence-corrected chi connectivity index (χ0v) is 11.7. The van der Waals surface area contributed by atoms with Gasteiger partial charge in [-0.25, -0.2) is 4.39 Å². The highest BCUT2D eigenvalue weighted by Gasteiger charge is 2.09. The Morgan fingerprint density at radius 2 is 1.70 bits per heavy atom. The lowest BCUT2D eigenvalue weighted by Crippen LogP contribution is -2.27. The number of carbonyl (C=O) groups is 1. The van der Waals surface area contributed by atoms with Gasteiger partial charge in [0.25, 0.3) is 5.91 Å². The Kier molecular flexibility index (Phi) is 4.51.